The summed E-state index contributed by atoms with van der Waals surface area (Å²) in [5.41, 5.74) is 0.129. The molecular weight excluding hydrogens is 489 g/mol. The molecule has 0 aromatic rings. The van der Waals surface area contributed by atoms with Crippen molar-refractivity contribution >= 4 is 29.9 Å². The summed E-state index contributed by atoms with van der Waals surface area (Å²) in [7, 11) is 4.37. The Morgan fingerprint density at radius 3 is 2.33 bits per heavy atom. The van der Waals surface area contributed by atoms with Gasteiger partial charge in [-0.25, -0.2) is 0 Å². The highest BCUT2D eigenvalue weighted by atomic mass is 127. The minimum absolute atomic E-state index is 0. The molecule has 1 saturated carbocycles. The lowest BCUT2D eigenvalue weighted by Crippen LogP contribution is -2.53. The molecule has 2 saturated heterocycles. The third-order valence-electron chi connectivity index (χ3n) is 7.42. The molecule has 2 N–H and O–H groups in total. The second-order valence-corrected chi connectivity index (χ2v) is 9.65. The summed E-state index contributed by atoms with van der Waals surface area (Å²) in [5.74, 6) is 1.94. The van der Waals surface area contributed by atoms with Crippen molar-refractivity contribution in [2.75, 3.05) is 60.0 Å². The third-order valence-corrected chi connectivity index (χ3v) is 7.42. The summed E-state index contributed by atoms with van der Waals surface area (Å²) in [5, 5.41) is 7.22. The topological polar surface area (TPSA) is 52.1 Å². The van der Waals surface area contributed by atoms with Crippen molar-refractivity contribution in [2.24, 2.45) is 10.9 Å². The third kappa shape index (κ3) is 7.78. The summed E-state index contributed by atoms with van der Waals surface area (Å²) in [6.07, 6.45) is 11.8. The maximum atomic E-state index is 5.60. The highest BCUT2D eigenvalue weighted by molar-refractivity contribution is 14.0. The van der Waals surface area contributed by atoms with E-state index in [2.05, 4.69) is 41.5 Å². The maximum absolute atomic E-state index is 5.60. The Kier molecular flexibility index (Phi) is 11.7. The number of piperidine rings is 1. The SMILES string of the molecule is CCNC(=NCC1(N(C)C)CCOCC1)NC1CCN(CC2CCCCC2)CC1.I. The quantitative estimate of drug-likeness (QED) is 0.298. The molecule has 0 bridgehead atoms. The van der Waals surface area contributed by atoms with Crippen LogP contribution < -0.4 is 10.6 Å². The summed E-state index contributed by atoms with van der Waals surface area (Å²) in [6.45, 7) is 9.37. The molecule has 0 atom stereocenters. The molecule has 7 heteroatoms. The van der Waals surface area contributed by atoms with Crippen molar-refractivity contribution in [3.05, 3.63) is 0 Å². The number of hydrogen-bond donors (Lipinski definition) is 2. The summed E-state index contributed by atoms with van der Waals surface area (Å²) in [6, 6.07) is 0.542. The van der Waals surface area contributed by atoms with Gasteiger partial charge in [-0.05, 0) is 65.5 Å². The predicted molar refractivity (Wildman–Crippen MR) is 137 cm³/mol. The van der Waals surface area contributed by atoms with E-state index in [1.807, 2.05) is 0 Å². The molecule has 176 valence electrons. The van der Waals surface area contributed by atoms with Gasteiger partial charge in [0.1, 0.15) is 0 Å². The summed E-state index contributed by atoms with van der Waals surface area (Å²) in [4.78, 5) is 10.1. The zero-order valence-electron chi connectivity index (χ0n) is 19.6. The van der Waals surface area contributed by atoms with Crippen LogP contribution in [0.1, 0.15) is 64.7 Å². The molecule has 0 aromatic heterocycles. The number of nitrogens with one attached hydrogen (secondary N) is 2. The van der Waals surface area contributed by atoms with Crippen LogP contribution in [0.2, 0.25) is 0 Å². The second-order valence-electron chi connectivity index (χ2n) is 9.65. The van der Waals surface area contributed by atoms with Crippen LogP contribution in [0, 0.1) is 5.92 Å². The van der Waals surface area contributed by atoms with Crippen molar-refractivity contribution in [2.45, 2.75) is 76.3 Å². The molecule has 0 unspecified atom stereocenters. The van der Waals surface area contributed by atoms with Gasteiger partial charge in [0, 0.05) is 51.0 Å². The molecule has 3 aliphatic rings. The fourth-order valence-corrected chi connectivity index (χ4v) is 5.23. The first-order valence-electron chi connectivity index (χ1n) is 12.1. The fourth-order valence-electron chi connectivity index (χ4n) is 5.23. The van der Waals surface area contributed by atoms with E-state index >= 15 is 0 Å². The first-order chi connectivity index (χ1) is 14.1. The Balaban J connectivity index is 0.00000320. The number of rotatable bonds is 7. The van der Waals surface area contributed by atoms with Gasteiger partial charge in [-0.15, -0.1) is 24.0 Å². The minimum Gasteiger partial charge on any atom is -0.381 e. The van der Waals surface area contributed by atoms with Gasteiger partial charge in [-0.1, -0.05) is 19.3 Å². The second kappa shape index (κ2) is 13.4. The van der Waals surface area contributed by atoms with Crippen molar-refractivity contribution in [1.29, 1.82) is 0 Å². The average molecular weight is 536 g/mol. The van der Waals surface area contributed by atoms with E-state index in [0.29, 0.717) is 6.04 Å². The smallest absolute Gasteiger partial charge is 0.191 e. The van der Waals surface area contributed by atoms with Crippen LogP contribution in [0.3, 0.4) is 0 Å². The Morgan fingerprint density at radius 2 is 1.73 bits per heavy atom. The molecule has 30 heavy (non-hydrogen) atoms. The Hall–Kier alpha value is -0.120. The lowest BCUT2D eigenvalue weighted by molar-refractivity contribution is -0.00256. The molecule has 3 rings (SSSR count). The Morgan fingerprint density at radius 1 is 1.07 bits per heavy atom. The fraction of sp³-hybridized carbons (Fsp3) is 0.957. The Bertz CT molecular complexity index is 496. The van der Waals surface area contributed by atoms with E-state index in [0.717, 1.165) is 51.0 Å². The van der Waals surface area contributed by atoms with Crippen LogP contribution in [-0.4, -0.2) is 87.4 Å². The molecule has 0 spiro atoms. The maximum Gasteiger partial charge on any atom is 0.191 e. The van der Waals surface area contributed by atoms with Crippen LogP contribution in [0.5, 0.6) is 0 Å². The molecule has 2 aliphatic heterocycles. The van der Waals surface area contributed by atoms with Crippen molar-refractivity contribution in [1.82, 2.24) is 20.4 Å². The number of ether oxygens (including phenoxy) is 1. The zero-order chi connectivity index (χ0) is 20.5. The standard InChI is InChI=1S/C23H45N5O.HI/c1-4-24-22(25-19-23(27(2)3)12-16-29-17-13-23)26-21-10-14-28(15-11-21)18-20-8-6-5-7-9-20;/h20-21H,4-19H2,1-3H3,(H2,24,25,26);1H. The number of guanidine groups is 1. The van der Waals surface area contributed by atoms with Gasteiger partial charge in [0.05, 0.1) is 6.54 Å². The van der Waals surface area contributed by atoms with Crippen molar-refractivity contribution < 1.29 is 4.74 Å². The largest absolute Gasteiger partial charge is 0.381 e. The molecule has 3 fully saturated rings. The van der Waals surface area contributed by atoms with Crippen LogP contribution in [-0.2, 0) is 4.74 Å². The highest BCUT2D eigenvalue weighted by Gasteiger charge is 2.34. The number of hydrogen-bond acceptors (Lipinski definition) is 4. The van der Waals surface area contributed by atoms with E-state index in [1.165, 1.54) is 64.6 Å². The van der Waals surface area contributed by atoms with Gasteiger partial charge in [0.25, 0.3) is 0 Å². The summed E-state index contributed by atoms with van der Waals surface area (Å²) < 4.78 is 5.60. The van der Waals surface area contributed by atoms with E-state index < -0.39 is 0 Å². The van der Waals surface area contributed by atoms with E-state index in [-0.39, 0.29) is 29.5 Å². The number of aliphatic imine (C=N–C) groups is 1. The van der Waals surface area contributed by atoms with Gasteiger partial charge < -0.3 is 25.2 Å². The number of halogens is 1. The zero-order valence-corrected chi connectivity index (χ0v) is 22.0. The normalized spacial score (nSPS) is 24.5. The molecule has 1 aliphatic carbocycles. The lowest BCUT2D eigenvalue weighted by Gasteiger charge is -2.42. The number of nitrogens with zero attached hydrogens (tertiary/aromatic N) is 3. The average Bonchev–Trinajstić information content (AvgIpc) is 2.75. The highest BCUT2D eigenvalue weighted by Crippen LogP contribution is 2.27. The van der Waals surface area contributed by atoms with E-state index in [4.69, 9.17) is 9.73 Å². The molecular formula is C23H46IN5O. The first-order valence-corrected chi connectivity index (χ1v) is 12.1. The molecule has 0 aromatic carbocycles. The minimum atomic E-state index is 0. The monoisotopic (exact) mass is 535 g/mol. The first kappa shape index (κ1) is 26.1. The number of likely N-dealkylation sites (N-methyl/N-ethyl adjacent to an activating group) is 1. The van der Waals surface area contributed by atoms with E-state index in [9.17, 15) is 0 Å². The molecule has 6 nitrogen and oxygen atoms in total. The summed E-state index contributed by atoms with van der Waals surface area (Å²) >= 11 is 0. The lowest BCUT2D eigenvalue weighted by atomic mass is 9.88. The van der Waals surface area contributed by atoms with Crippen molar-refractivity contribution in [3.8, 4) is 0 Å². The predicted octanol–water partition coefficient (Wildman–Crippen LogP) is 3.32. The van der Waals surface area contributed by atoms with Crippen molar-refractivity contribution in [3.63, 3.8) is 0 Å². The van der Waals surface area contributed by atoms with E-state index in [1.54, 1.807) is 0 Å². The number of likely N-dealkylation sites (tertiary alicyclic amines) is 1. The van der Waals surface area contributed by atoms with Gasteiger partial charge in [0.15, 0.2) is 5.96 Å². The van der Waals surface area contributed by atoms with Gasteiger partial charge in [0.2, 0.25) is 0 Å². The van der Waals surface area contributed by atoms with Gasteiger partial charge in [-0.3, -0.25) is 4.99 Å². The Labute approximate surface area is 202 Å². The van der Waals surface area contributed by atoms with Crippen LogP contribution >= 0.6 is 24.0 Å². The van der Waals surface area contributed by atoms with Crippen LogP contribution in [0.4, 0.5) is 0 Å². The van der Waals surface area contributed by atoms with Crippen LogP contribution in [0.15, 0.2) is 4.99 Å². The van der Waals surface area contributed by atoms with Gasteiger partial charge >= 0.3 is 0 Å². The van der Waals surface area contributed by atoms with Crippen LogP contribution in [0.25, 0.3) is 0 Å². The van der Waals surface area contributed by atoms with Gasteiger partial charge in [-0.2, -0.15) is 0 Å². The molecule has 0 amide bonds. The molecule has 0 radical (unpaired) electrons. The molecule has 2 heterocycles.